The van der Waals surface area contributed by atoms with Crippen molar-refractivity contribution in [2.24, 2.45) is 0 Å². The van der Waals surface area contributed by atoms with Gasteiger partial charge in [-0.05, 0) is 18.2 Å². The lowest BCUT2D eigenvalue weighted by Crippen LogP contribution is -2.17. The molecule has 136 valence electrons. The maximum Gasteiger partial charge on any atom is 0.417 e. The van der Waals surface area contributed by atoms with Crippen LogP contribution in [0.4, 0.5) is 24.7 Å². The van der Waals surface area contributed by atoms with Gasteiger partial charge in [-0.15, -0.1) is 0 Å². The molecular weight excluding hydrogens is 345 g/mol. The van der Waals surface area contributed by atoms with E-state index >= 15 is 0 Å². The number of carbonyl (C=O) groups excluding carboxylic acids is 1. The lowest BCUT2D eigenvalue weighted by Gasteiger charge is -2.13. The van der Waals surface area contributed by atoms with Gasteiger partial charge < -0.3 is 11.1 Å². The van der Waals surface area contributed by atoms with Crippen LogP contribution in [0.25, 0.3) is 11.3 Å². The number of rotatable bonds is 3. The van der Waals surface area contributed by atoms with Crippen molar-refractivity contribution in [2.45, 2.75) is 6.18 Å². The van der Waals surface area contributed by atoms with Crippen LogP contribution in [0.1, 0.15) is 18.9 Å². The molecule has 0 atom stereocenters. The first kappa shape index (κ1) is 17.4. The van der Waals surface area contributed by atoms with Crippen LogP contribution in [0.5, 0.6) is 0 Å². The highest BCUT2D eigenvalue weighted by molar-refractivity contribution is 6.06. The first-order chi connectivity index (χ1) is 12.4. The number of hydrogen-bond donors (Lipinski definition) is 2. The minimum Gasteiger partial charge on any atom is -0.382 e. The number of alkyl halides is 3. The van der Waals surface area contributed by atoms with E-state index in [9.17, 15) is 18.0 Å². The van der Waals surface area contributed by atoms with Gasteiger partial charge >= 0.3 is 6.18 Å². The summed E-state index contributed by atoms with van der Waals surface area (Å²) >= 11 is 0. The third-order valence-corrected chi connectivity index (χ3v) is 3.56. The number of nitrogens with zero attached hydrogens (tertiary/aromatic N) is 2. The van der Waals surface area contributed by atoms with Crippen LogP contribution in [-0.2, 0) is 6.18 Å². The number of anilines is 2. The molecule has 0 saturated carbocycles. The fourth-order valence-electron chi connectivity index (χ4n) is 2.36. The highest BCUT2D eigenvalue weighted by Gasteiger charge is 2.34. The average Bonchev–Trinajstić information content (AvgIpc) is 2.62. The molecule has 3 aromatic rings. The molecule has 0 aliphatic rings. The SMILES string of the molecule is Nc1ncc(-c2ccccc2C(F)(F)F)nc1C(=O)Nc1ccccc1.[HH].[HH]. The number of hydrogen-bond acceptors (Lipinski definition) is 4. The summed E-state index contributed by atoms with van der Waals surface area (Å²) in [6.07, 6.45) is -3.45. The molecular formula is C18H17F3N4O. The van der Waals surface area contributed by atoms with Gasteiger partial charge in [0, 0.05) is 14.1 Å². The fourth-order valence-corrected chi connectivity index (χ4v) is 2.36. The first-order valence-electron chi connectivity index (χ1n) is 7.52. The largest absolute Gasteiger partial charge is 0.417 e. The van der Waals surface area contributed by atoms with Crippen molar-refractivity contribution in [3.8, 4) is 11.3 Å². The zero-order valence-electron chi connectivity index (χ0n) is 13.3. The smallest absolute Gasteiger partial charge is 0.382 e. The third kappa shape index (κ3) is 3.64. The highest BCUT2D eigenvalue weighted by atomic mass is 19.4. The molecule has 1 amide bonds. The summed E-state index contributed by atoms with van der Waals surface area (Å²) in [5, 5.41) is 2.58. The second-order valence-electron chi connectivity index (χ2n) is 5.35. The van der Waals surface area contributed by atoms with E-state index in [-0.39, 0.29) is 25.6 Å². The number of halogens is 3. The summed E-state index contributed by atoms with van der Waals surface area (Å²) < 4.78 is 39.6. The van der Waals surface area contributed by atoms with Crippen LogP contribution in [0.3, 0.4) is 0 Å². The standard InChI is InChI=1S/C18H13F3N4O.2H2/c19-18(20,21)13-9-5-4-8-12(13)14-10-23-16(22)15(25-14)17(26)24-11-6-2-1-3-7-11;;/h1-10H,(H2,22,23)(H,24,26);2*1H. The topological polar surface area (TPSA) is 80.9 Å². The van der Waals surface area contributed by atoms with Crippen LogP contribution in [0, 0.1) is 0 Å². The molecule has 0 bridgehead atoms. The van der Waals surface area contributed by atoms with Gasteiger partial charge in [0.1, 0.15) is 0 Å². The van der Waals surface area contributed by atoms with E-state index in [4.69, 9.17) is 5.73 Å². The lowest BCUT2D eigenvalue weighted by molar-refractivity contribution is -0.137. The molecule has 0 saturated heterocycles. The Hall–Kier alpha value is -3.42. The molecule has 0 aliphatic heterocycles. The van der Waals surface area contributed by atoms with Crippen LogP contribution >= 0.6 is 0 Å². The Morgan fingerprint density at radius 3 is 2.38 bits per heavy atom. The number of nitrogens with one attached hydrogen (secondary N) is 1. The van der Waals surface area contributed by atoms with Gasteiger partial charge in [0.25, 0.3) is 5.91 Å². The van der Waals surface area contributed by atoms with Gasteiger partial charge in [0.05, 0.1) is 17.5 Å². The lowest BCUT2D eigenvalue weighted by atomic mass is 10.0. The average molecular weight is 362 g/mol. The minimum absolute atomic E-state index is 0. The van der Waals surface area contributed by atoms with Crippen molar-refractivity contribution >= 4 is 17.4 Å². The normalized spacial score (nSPS) is 11.2. The Labute approximate surface area is 149 Å². The number of nitrogens with two attached hydrogens (primary N) is 1. The summed E-state index contributed by atoms with van der Waals surface area (Å²) in [5.41, 5.74) is 4.80. The summed E-state index contributed by atoms with van der Waals surface area (Å²) in [6, 6.07) is 13.5. The molecule has 1 aromatic heterocycles. The molecule has 0 unspecified atom stereocenters. The number of carbonyl (C=O) groups is 1. The Balaban J connectivity index is 0.00000196. The number of benzene rings is 2. The molecule has 3 N–H and O–H groups in total. The minimum atomic E-state index is -4.56. The van der Waals surface area contributed by atoms with Crippen molar-refractivity contribution < 1.29 is 20.8 Å². The van der Waals surface area contributed by atoms with Crippen LogP contribution < -0.4 is 11.1 Å². The molecule has 5 nitrogen and oxygen atoms in total. The first-order valence-corrected chi connectivity index (χ1v) is 7.52. The Morgan fingerprint density at radius 2 is 1.69 bits per heavy atom. The van der Waals surface area contributed by atoms with Crippen molar-refractivity contribution in [3.63, 3.8) is 0 Å². The summed E-state index contributed by atoms with van der Waals surface area (Å²) in [7, 11) is 0. The van der Waals surface area contributed by atoms with Crippen LogP contribution in [-0.4, -0.2) is 15.9 Å². The molecule has 8 heteroatoms. The van der Waals surface area contributed by atoms with Crippen molar-refractivity contribution in [2.75, 3.05) is 11.1 Å². The van der Waals surface area contributed by atoms with Crippen molar-refractivity contribution in [3.05, 3.63) is 72.1 Å². The molecule has 0 fully saturated rings. The second kappa shape index (κ2) is 6.83. The van der Waals surface area contributed by atoms with E-state index in [0.29, 0.717) is 5.69 Å². The third-order valence-electron chi connectivity index (χ3n) is 3.56. The van der Waals surface area contributed by atoms with E-state index in [0.717, 1.165) is 12.3 Å². The molecule has 2 aromatic carbocycles. The Morgan fingerprint density at radius 1 is 1.04 bits per heavy atom. The van der Waals surface area contributed by atoms with Crippen LogP contribution in [0.2, 0.25) is 0 Å². The van der Waals surface area contributed by atoms with Gasteiger partial charge in [-0.25, -0.2) is 9.97 Å². The van der Waals surface area contributed by atoms with Gasteiger partial charge in [-0.2, -0.15) is 13.2 Å². The van der Waals surface area contributed by atoms with Crippen molar-refractivity contribution in [1.29, 1.82) is 0 Å². The molecule has 0 radical (unpaired) electrons. The maximum atomic E-state index is 13.2. The second-order valence-corrected chi connectivity index (χ2v) is 5.35. The molecule has 3 rings (SSSR count). The number of amides is 1. The van der Waals surface area contributed by atoms with Gasteiger partial charge in [-0.1, -0.05) is 36.4 Å². The zero-order chi connectivity index (χ0) is 18.7. The van der Waals surface area contributed by atoms with Gasteiger partial charge in [0.15, 0.2) is 11.5 Å². The van der Waals surface area contributed by atoms with E-state index in [1.807, 2.05) is 0 Å². The molecule has 0 aliphatic carbocycles. The Kier molecular flexibility index (Phi) is 4.57. The summed E-state index contributed by atoms with van der Waals surface area (Å²) in [6.45, 7) is 0. The maximum absolute atomic E-state index is 13.2. The van der Waals surface area contributed by atoms with Crippen molar-refractivity contribution in [1.82, 2.24) is 9.97 Å². The van der Waals surface area contributed by atoms with E-state index in [1.54, 1.807) is 30.3 Å². The molecule has 1 heterocycles. The quantitative estimate of drug-likeness (QED) is 0.719. The van der Waals surface area contributed by atoms with E-state index in [2.05, 4.69) is 15.3 Å². The Bertz CT molecular complexity index is 953. The van der Waals surface area contributed by atoms with Gasteiger partial charge in [0.2, 0.25) is 0 Å². The highest BCUT2D eigenvalue weighted by Crippen LogP contribution is 2.36. The van der Waals surface area contributed by atoms with E-state index in [1.165, 1.54) is 18.2 Å². The van der Waals surface area contributed by atoms with Gasteiger partial charge in [-0.3, -0.25) is 4.79 Å². The number of nitrogen functional groups attached to an aromatic ring is 1. The fraction of sp³-hybridized carbons (Fsp3) is 0.0556. The summed E-state index contributed by atoms with van der Waals surface area (Å²) in [4.78, 5) is 20.2. The summed E-state index contributed by atoms with van der Waals surface area (Å²) in [5.74, 6) is -0.834. The monoisotopic (exact) mass is 362 g/mol. The number of para-hydroxylation sites is 1. The van der Waals surface area contributed by atoms with E-state index < -0.39 is 17.6 Å². The predicted molar refractivity (Wildman–Crippen MR) is 95.5 cm³/mol. The predicted octanol–water partition coefficient (Wildman–Crippen LogP) is 4.49. The zero-order valence-corrected chi connectivity index (χ0v) is 13.3. The van der Waals surface area contributed by atoms with Crippen LogP contribution in [0.15, 0.2) is 60.8 Å². The molecule has 26 heavy (non-hydrogen) atoms. The molecule has 0 spiro atoms. The number of aromatic nitrogens is 2.